The third kappa shape index (κ3) is 4.82. The predicted octanol–water partition coefficient (Wildman–Crippen LogP) is 0.858. The first kappa shape index (κ1) is 16.0. The molecule has 0 aromatic carbocycles. The topological polar surface area (TPSA) is 59.4 Å². The van der Waals surface area contributed by atoms with Crippen molar-refractivity contribution in [3.8, 4) is 0 Å². The van der Waals surface area contributed by atoms with Crippen LogP contribution in [0.25, 0.3) is 0 Å². The van der Waals surface area contributed by atoms with Crippen LogP contribution in [0.2, 0.25) is 0 Å². The predicted molar refractivity (Wildman–Crippen MR) is 83.9 cm³/mol. The van der Waals surface area contributed by atoms with Crippen LogP contribution < -0.4 is 15.8 Å². The Morgan fingerprint density at radius 2 is 2.14 bits per heavy atom. The number of rotatable bonds is 7. The molecule has 1 aliphatic rings. The fraction of sp³-hybridized carbons (Fsp3) is 0.733. The monoisotopic (exact) mass is 294 g/mol. The molecule has 1 saturated heterocycles. The summed E-state index contributed by atoms with van der Waals surface area (Å²) in [4.78, 5) is 14.2. The van der Waals surface area contributed by atoms with E-state index in [2.05, 4.69) is 22.2 Å². The highest BCUT2D eigenvalue weighted by Gasteiger charge is 2.12. The molecule has 0 amide bonds. The van der Waals surface area contributed by atoms with Crippen molar-refractivity contribution >= 4 is 5.69 Å². The number of aromatic nitrogens is 2. The minimum Gasteiger partial charge on any atom is -0.378 e. The SMILES string of the molecule is CNC(C)CCCCn1ncc(N2CCOCC2)cc1=O. The van der Waals surface area contributed by atoms with Gasteiger partial charge in [-0.3, -0.25) is 4.79 Å². The summed E-state index contributed by atoms with van der Waals surface area (Å²) in [6, 6.07) is 2.22. The fourth-order valence-corrected chi connectivity index (χ4v) is 2.44. The van der Waals surface area contributed by atoms with E-state index < -0.39 is 0 Å². The Morgan fingerprint density at radius 1 is 1.38 bits per heavy atom. The van der Waals surface area contributed by atoms with Crippen molar-refractivity contribution in [1.82, 2.24) is 15.1 Å². The summed E-state index contributed by atoms with van der Waals surface area (Å²) in [6.07, 6.45) is 5.00. The van der Waals surface area contributed by atoms with E-state index >= 15 is 0 Å². The normalized spacial score (nSPS) is 17.0. The van der Waals surface area contributed by atoms with Gasteiger partial charge in [0.2, 0.25) is 0 Å². The minimum absolute atomic E-state index is 0.0133. The van der Waals surface area contributed by atoms with Crippen molar-refractivity contribution in [3.05, 3.63) is 22.6 Å². The van der Waals surface area contributed by atoms with Crippen molar-refractivity contribution in [3.63, 3.8) is 0 Å². The van der Waals surface area contributed by atoms with Crippen LogP contribution in [0.15, 0.2) is 17.1 Å². The van der Waals surface area contributed by atoms with Crippen molar-refractivity contribution in [2.24, 2.45) is 0 Å². The second kappa shape index (κ2) is 8.14. The van der Waals surface area contributed by atoms with Gasteiger partial charge in [-0.1, -0.05) is 6.42 Å². The van der Waals surface area contributed by atoms with E-state index in [-0.39, 0.29) is 5.56 Å². The maximum atomic E-state index is 12.1. The third-order valence-electron chi connectivity index (χ3n) is 3.98. The van der Waals surface area contributed by atoms with Gasteiger partial charge in [-0.15, -0.1) is 0 Å². The lowest BCUT2D eigenvalue weighted by Gasteiger charge is -2.28. The maximum absolute atomic E-state index is 12.1. The lowest BCUT2D eigenvalue weighted by molar-refractivity contribution is 0.122. The molecule has 2 rings (SSSR count). The second-order valence-corrected chi connectivity index (χ2v) is 5.56. The van der Waals surface area contributed by atoms with Crippen molar-refractivity contribution in [2.45, 2.75) is 38.8 Å². The second-order valence-electron chi connectivity index (χ2n) is 5.56. The first-order valence-electron chi connectivity index (χ1n) is 7.78. The number of anilines is 1. The smallest absolute Gasteiger partial charge is 0.268 e. The average molecular weight is 294 g/mol. The van der Waals surface area contributed by atoms with Gasteiger partial charge in [-0.25, -0.2) is 4.68 Å². The van der Waals surface area contributed by atoms with Crippen molar-refractivity contribution in [2.75, 3.05) is 38.3 Å². The molecule has 21 heavy (non-hydrogen) atoms. The van der Waals surface area contributed by atoms with Crippen LogP contribution in [0, 0.1) is 0 Å². The molecule has 1 aliphatic heterocycles. The lowest BCUT2D eigenvalue weighted by Crippen LogP contribution is -2.37. The molecule has 0 radical (unpaired) electrons. The van der Waals surface area contributed by atoms with Gasteiger partial charge in [0, 0.05) is 31.7 Å². The molecule has 1 N–H and O–H groups in total. The van der Waals surface area contributed by atoms with E-state index in [1.807, 2.05) is 7.05 Å². The number of hydrogen-bond donors (Lipinski definition) is 1. The standard InChI is InChI=1S/C15H26N4O2/c1-13(16-2)5-3-4-6-19-15(20)11-14(12-17-19)18-7-9-21-10-8-18/h11-13,16H,3-10H2,1-2H3. The molecule has 2 heterocycles. The van der Waals surface area contributed by atoms with Crippen LogP contribution in [0.4, 0.5) is 5.69 Å². The van der Waals surface area contributed by atoms with Gasteiger partial charge >= 0.3 is 0 Å². The Kier molecular flexibility index (Phi) is 6.20. The Labute approximate surface area is 126 Å². The van der Waals surface area contributed by atoms with Gasteiger partial charge in [-0.05, 0) is 26.8 Å². The molecule has 6 heteroatoms. The molecule has 6 nitrogen and oxygen atoms in total. The van der Waals surface area contributed by atoms with Gasteiger partial charge < -0.3 is 15.0 Å². The summed E-state index contributed by atoms with van der Waals surface area (Å²) in [7, 11) is 1.97. The summed E-state index contributed by atoms with van der Waals surface area (Å²) in [5, 5.41) is 7.52. The zero-order chi connectivity index (χ0) is 15.1. The van der Waals surface area contributed by atoms with Crippen LogP contribution in [0.3, 0.4) is 0 Å². The van der Waals surface area contributed by atoms with E-state index in [0.29, 0.717) is 25.8 Å². The van der Waals surface area contributed by atoms with E-state index in [1.165, 1.54) is 0 Å². The number of unbranched alkanes of at least 4 members (excludes halogenated alkanes) is 1. The zero-order valence-electron chi connectivity index (χ0n) is 13.0. The number of nitrogens with one attached hydrogen (secondary N) is 1. The summed E-state index contributed by atoms with van der Waals surface area (Å²) in [6.45, 7) is 5.94. The highest BCUT2D eigenvalue weighted by atomic mass is 16.5. The summed E-state index contributed by atoms with van der Waals surface area (Å²) in [5.41, 5.74) is 0.893. The molecule has 1 aromatic heterocycles. The number of aryl methyl sites for hydroxylation is 1. The number of nitrogens with zero attached hydrogens (tertiary/aromatic N) is 3. The first-order chi connectivity index (χ1) is 10.2. The average Bonchev–Trinajstić information content (AvgIpc) is 2.53. The van der Waals surface area contributed by atoms with Gasteiger partial charge in [0.1, 0.15) is 0 Å². The van der Waals surface area contributed by atoms with Crippen LogP contribution in [-0.4, -0.2) is 49.2 Å². The Balaban J connectivity index is 1.85. The summed E-state index contributed by atoms with van der Waals surface area (Å²) >= 11 is 0. The highest BCUT2D eigenvalue weighted by molar-refractivity contribution is 5.43. The number of morpholine rings is 1. The third-order valence-corrected chi connectivity index (χ3v) is 3.98. The quantitative estimate of drug-likeness (QED) is 0.756. The van der Waals surface area contributed by atoms with Crippen LogP contribution >= 0.6 is 0 Å². The summed E-state index contributed by atoms with van der Waals surface area (Å²) < 4.78 is 6.88. The molecule has 0 saturated carbocycles. The van der Waals surface area contributed by atoms with Gasteiger partial charge in [-0.2, -0.15) is 5.10 Å². The van der Waals surface area contributed by atoms with Gasteiger partial charge in [0.05, 0.1) is 25.1 Å². The largest absolute Gasteiger partial charge is 0.378 e. The van der Waals surface area contributed by atoms with Gasteiger partial charge in [0.15, 0.2) is 0 Å². The molecule has 118 valence electrons. The molecule has 0 aliphatic carbocycles. The Morgan fingerprint density at radius 3 is 2.81 bits per heavy atom. The zero-order valence-corrected chi connectivity index (χ0v) is 13.0. The van der Waals surface area contributed by atoms with E-state index in [1.54, 1.807) is 16.9 Å². The molecular formula is C15H26N4O2. The molecule has 0 bridgehead atoms. The first-order valence-corrected chi connectivity index (χ1v) is 7.78. The van der Waals surface area contributed by atoms with E-state index in [0.717, 1.165) is 38.0 Å². The number of ether oxygens (including phenoxy) is 1. The maximum Gasteiger partial charge on any atom is 0.268 e. The molecule has 1 unspecified atom stereocenters. The number of hydrogen-bond acceptors (Lipinski definition) is 5. The van der Waals surface area contributed by atoms with E-state index in [9.17, 15) is 4.79 Å². The molecular weight excluding hydrogens is 268 g/mol. The highest BCUT2D eigenvalue weighted by Crippen LogP contribution is 2.11. The Bertz CT molecular complexity index is 483. The lowest BCUT2D eigenvalue weighted by atomic mass is 10.1. The van der Waals surface area contributed by atoms with Crippen LogP contribution in [0.1, 0.15) is 26.2 Å². The molecule has 1 atom stereocenters. The summed E-state index contributed by atoms with van der Waals surface area (Å²) in [5.74, 6) is 0. The molecule has 1 fully saturated rings. The fourth-order valence-electron chi connectivity index (χ4n) is 2.44. The Hall–Kier alpha value is -1.40. The van der Waals surface area contributed by atoms with E-state index in [4.69, 9.17) is 4.74 Å². The van der Waals surface area contributed by atoms with Crippen LogP contribution in [0.5, 0.6) is 0 Å². The van der Waals surface area contributed by atoms with Crippen LogP contribution in [-0.2, 0) is 11.3 Å². The van der Waals surface area contributed by atoms with Crippen molar-refractivity contribution in [1.29, 1.82) is 0 Å². The molecule has 0 spiro atoms. The van der Waals surface area contributed by atoms with Gasteiger partial charge in [0.25, 0.3) is 5.56 Å². The minimum atomic E-state index is -0.0133. The molecule has 1 aromatic rings. The van der Waals surface area contributed by atoms with Crippen molar-refractivity contribution < 1.29 is 4.74 Å².